The molecule has 2 aromatic carbocycles. The van der Waals surface area contributed by atoms with Crippen molar-refractivity contribution in [3.8, 4) is 16.9 Å². The number of carbonyl (C=O) groups is 3. The molecule has 3 aliphatic carbocycles. The molecule has 4 atom stereocenters. The molecule has 0 saturated heterocycles. The van der Waals surface area contributed by atoms with E-state index in [4.69, 9.17) is 11.5 Å². The minimum atomic E-state index is -2.69. The van der Waals surface area contributed by atoms with E-state index in [2.05, 4.69) is 0 Å². The first-order valence-electron chi connectivity index (χ1n) is 12.8. The fourth-order valence-corrected chi connectivity index (χ4v) is 6.53. The number of amides is 1. The van der Waals surface area contributed by atoms with E-state index in [1.54, 1.807) is 20.2 Å². The molecule has 8 N–H and O–H groups in total. The summed E-state index contributed by atoms with van der Waals surface area (Å²) in [5.74, 6) is -7.07. The summed E-state index contributed by atoms with van der Waals surface area (Å²) in [5, 5.41) is 45.1. The Hall–Kier alpha value is -4.35. The molecule has 0 spiro atoms. The van der Waals surface area contributed by atoms with Gasteiger partial charge in [0, 0.05) is 31.3 Å². The SMILES string of the molecule is CN(C)c1ccc(-c2cc(N)c(O)c3c2CC2CC4C(N(C)C)C(=O)C(C(N)=O)=C(O)[C@@]4(O)C(=O)C2=C3O)cc1. The molecule has 0 aliphatic heterocycles. The molecule has 0 heterocycles. The van der Waals surface area contributed by atoms with Crippen LogP contribution < -0.4 is 16.4 Å². The predicted octanol–water partition coefficient (Wildman–Crippen LogP) is 1.28. The van der Waals surface area contributed by atoms with Crippen LogP contribution in [-0.4, -0.2) is 82.6 Å². The molecule has 3 aliphatic rings. The van der Waals surface area contributed by atoms with Crippen LogP contribution in [0.4, 0.5) is 11.4 Å². The van der Waals surface area contributed by atoms with Crippen molar-refractivity contribution in [1.29, 1.82) is 0 Å². The van der Waals surface area contributed by atoms with Crippen molar-refractivity contribution >= 4 is 34.6 Å². The van der Waals surface area contributed by atoms with Crippen molar-refractivity contribution in [2.75, 3.05) is 38.8 Å². The van der Waals surface area contributed by atoms with E-state index in [1.807, 2.05) is 43.3 Å². The Morgan fingerprint density at radius 3 is 2.23 bits per heavy atom. The summed E-state index contributed by atoms with van der Waals surface area (Å²) >= 11 is 0. The molecule has 210 valence electrons. The molecule has 1 fully saturated rings. The van der Waals surface area contributed by atoms with Gasteiger partial charge in [0.1, 0.15) is 22.8 Å². The predicted molar refractivity (Wildman–Crippen MR) is 148 cm³/mol. The zero-order chi connectivity index (χ0) is 29.4. The van der Waals surface area contributed by atoms with E-state index in [9.17, 15) is 34.8 Å². The molecule has 11 heteroatoms. The number of carbonyl (C=O) groups excluding carboxylic acids is 3. The van der Waals surface area contributed by atoms with Crippen molar-refractivity contribution in [3.63, 3.8) is 0 Å². The number of primary amides is 1. The van der Waals surface area contributed by atoms with Crippen molar-refractivity contribution in [2.24, 2.45) is 17.6 Å². The van der Waals surface area contributed by atoms with Gasteiger partial charge in [-0.3, -0.25) is 19.3 Å². The Balaban J connectivity index is 1.73. The number of aromatic hydroxyl groups is 1. The molecule has 40 heavy (non-hydrogen) atoms. The van der Waals surface area contributed by atoms with Crippen LogP contribution in [0.2, 0.25) is 0 Å². The highest BCUT2D eigenvalue weighted by Crippen LogP contribution is 2.54. The number of benzene rings is 2. The second kappa shape index (κ2) is 9.10. The molecular formula is C29H32N4O7. The number of Topliss-reactive ketones (excluding diaryl/α,β-unsaturated/α-hetero) is 2. The van der Waals surface area contributed by atoms with Gasteiger partial charge in [-0.1, -0.05) is 12.1 Å². The van der Waals surface area contributed by atoms with Crippen molar-refractivity contribution in [2.45, 2.75) is 24.5 Å². The second-order valence-electron chi connectivity index (χ2n) is 11.1. The van der Waals surface area contributed by atoms with Crippen LogP contribution in [0.15, 0.2) is 47.2 Å². The van der Waals surface area contributed by atoms with Crippen LogP contribution in [0.1, 0.15) is 17.5 Å². The number of hydrogen-bond acceptors (Lipinski definition) is 10. The Bertz CT molecular complexity index is 1540. The Morgan fingerprint density at radius 1 is 1.05 bits per heavy atom. The van der Waals surface area contributed by atoms with Crippen LogP contribution in [0.5, 0.6) is 5.75 Å². The lowest BCUT2D eigenvalue weighted by molar-refractivity contribution is -0.153. The number of phenols is 1. The van der Waals surface area contributed by atoms with Crippen LogP contribution in [0.3, 0.4) is 0 Å². The highest BCUT2D eigenvalue weighted by molar-refractivity contribution is 6.24. The molecule has 11 nitrogen and oxygen atoms in total. The lowest BCUT2D eigenvalue weighted by atomic mass is 9.57. The summed E-state index contributed by atoms with van der Waals surface area (Å²) in [7, 11) is 6.95. The Kier molecular flexibility index (Phi) is 6.20. The molecule has 5 rings (SSSR count). The number of rotatable bonds is 4. The van der Waals surface area contributed by atoms with E-state index < -0.39 is 63.8 Å². The van der Waals surface area contributed by atoms with Crippen LogP contribution in [0.25, 0.3) is 16.9 Å². The zero-order valence-electron chi connectivity index (χ0n) is 22.6. The van der Waals surface area contributed by atoms with E-state index >= 15 is 0 Å². The number of nitrogen functional groups attached to an aromatic ring is 1. The summed E-state index contributed by atoms with van der Waals surface area (Å²) in [6.07, 6.45) is 0.184. The van der Waals surface area contributed by atoms with Crippen molar-refractivity contribution in [3.05, 3.63) is 58.4 Å². The van der Waals surface area contributed by atoms with E-state index in [0.717, 1.165) is 11.3 Å². The van der Waals surface area contributed by atoms with Crippen molar-refractivity contribution < 1.29 is 34.8 Å². The summed E-state index contributed by atoms with van der Waals surface area (Å²) in [4.78, 5) is 42.8. The van der Waals surface area contributed by atoms with Gasteiger partial charge >= 0.3 is 0 Å². The van der Waals surface area contributed by atoms with Crippen LogP contribution in [-0.2, 0) is 20.8 Å². The fourth-order valence-electron chi connectivity index (χ4n) is 6.53. The number of fused-ring (bicyclic) bond motifs is 3. The van der Waals surface area contributed by atoms with Gasteiger partial charge in [0.05, 0.1) is 17.3 Å². The number of phenolic OH excluding ortho intramolecular Hbond substituents is 1. The van der Waals surface area contributed by atoms with E-state index in [1.165, 1.54) is 4.90 Å². The third-order valence-electron chi connectivity index (χ3n) is 8.44. The minimum absolute atomic E-state index is 0.00983. The lowest BCUT2D eigenvalue weighted by Crippen LogP contribution is -2.65. The number of hydrogen-bond donors (Lipinski definition) is 6. The topological polar surface area (TPSA) is 191 Å². The van der Waals surface area contributed by atoms with Crippen LogP contribution in [0, 0.1) is 11.8 Å². The molecule has 0 radical (unpaired) electrons. The van der Waals surface area contributed by atoms with Gasteiger partial charge in [-0.05, 0) is 67.7 Å². The quantitative estimate of drug-likeness (QED) is 0.184. The normalized spacial score (nSPS) is 26.0. The number of anilines is 2. The van der Waals surface area contributed by atoms with Gasteiger partial charge in [-0.2, -0.15) is 0 Å². The van der Waals surface area contributed by atoms with Gasteiger partial charge in [0.25, 0.3) is 5.91 Å². The van der Waals surface area contributed by atoms with E-state index in [-0.39, 0.29) is 29.7 Å². The minimum Gasteiger partial charge on any atom is -0.508 e. The molecular weight excluding hydrogens is 516 g/mol. The van der Waals surface area contributed by atoms with Gasteiger partial charge in [0.15, 0.2) is 11.4 Å². The average molecular weight is 549 g/mol. The largest absolute Gasteiger partial charge is 0.508 e. The lowest BCUT2D eigenvalue weighted by Gasteiger charge is -2.50. The number of nitrogens with zero attached hydrogens (tertiary/aromatic N) is 2. The maximum Gasteiger partial charge on any atom is 0.255 e. The van der Waals surface area contributed by atoms with Gasteiger partial charge < -0.3 is 36.8 Å². The summed E-state index contributed by atoms with van der Waals surface area (Å²) in [6.45, 7) is 0. The maximum atomic E-state index is 14.0. The highest BCUT2D eigenvalue weighted by Gasteiger charge is 2.64. The van der Waals surface area contributed by atoms with Gasteiger partial charge in [-0.25, -0.2) is 0 Å². The first-order valence-corrected chi connectivity index (χ1v) is 12.8. The number of aliphatic hydroxyl groups is 3. The number of likely N-dealkylation sites (N-methyl/N-ethyl adjacent to an activating group) is 1. The molecule has 0 bridgehead atoms. The van der Waals surface area contributed by atoms with Crippen LogP contribution >= 0.6 is 0 Å². The summed E-state index contributed by atoms with van der Waals surface area (Å²) in [6, 6.07) is 8.07. The highest BCUT2D eigenvalue weighted by atomic mass is 16.3. The monoisotopic (exact) mass is 548 g/mol. The third-order valence-corrected chi connectivity index (χ3v) is 8.44. The standard InChI is InChI=1S/C29H32N4O7/c1-32(2)14-7-5-12(6-8-14)15-11-18(30)23(34)20-16(15)9-13-10-17-22(33(3)4)25(36)21(28(31)39)27(38)29(17,40)26(37)19(13)24(20)35/h5-8,11,13,17,22,34-35,38,40H,9-10,30H2,1-4H3,(H2,31,39)/t13?,17?,22?,29-/m0/s1. The number of aliphatic hydroxyl groups excluding tert-OH is 2. The molecule has 1 amide bonds. The first kappa shape index (κ1) is 27.2. The van der Waals surface area contributed by atoms with E-state index in [0.29, 0.717) is 11.1 Å². The molecule has 0 aromatic heterocycles. The Morgan fingerprint density at radius 2 is 1.68 bits per heavy atom. The zero-order valence-corrected chi connectivity index (χ0v) is 22.6. The third kappa shape index (κ3) is 3.61. The first-order chi connectivity index (χ1) is 18.7. The smallest absolute Gasteiger partial charge is 0.255 e. The van der Waals surface area contributed by atoms with Gasteiger partial charge in [-0.15, -0.1) is 0 Å². The molecule has 3 unspecified atom stereocenters. The van der Waals surface area contributed by atoms with Crippen molar-refractivity contribution in [1.82, 2.24) is 4.90 Å². The second-order valence-corrected chi connectivity index (χ2v) is 11.1. The average Bonchev–Trinajstić information content (AvgIpc) is 2.88. The summed E-state index contributed by atoms with van der Waals surface area (Å²) < 4.78 is 0. The molecule has 2 aromatic rings. The summed E-state index contributed by atoms with van der Waals surface area (Å²) in [5.41, 5.74) is 10.6. The fraction of sp³-hybridized carbons (Fsp3) is 0.345. The number of nitrogens with two attached hydrogens (primary N) is 2. The van der Waals surface area contributed by atoms with Gasteiger partial charge in [0.2, 0.25) is 5.78 Å². The number of ketones is 2. The maximum absolute atomic E-state index is 14.0. The molecule has 1 saturated carbocycles. The Labute approximate surface area is 230 Å².